The number of hydrogen-bond donors (Lipinski definition) is 1. The molecule has 1 aliphatic heterocycles. The normalized spacial score (nSPS) is 21.8. The largest absolute Gasteiger partial charge is 0.469 e. The summed E-state index contributed by atoms with van der Waals surface area (Å²) in [5.41, 5.74) is 5.29. The van der Waals surface area contributed by atoms with Crippen molar-refractivity contribution < 1.29 is 14.3 Å². The van der Waals surface area contributed by atoms with Gasteiger partial charge in [-0.15, -0.1) is 0 Å². The van der Waals surface area contributed by atoms with E-state index in [2.05, 4.69) is 4.90 Å². The second kappa shape index (κ2) is 6.00. The van der Waals surface area contributed by atoms with E-state index in [0.717, 1.165) is 25.9 Å². The number of carbonyl (C=O) groups excluding carboxylic acids is 2. The number of methoxy groups -OCH3 is 1. The van der Waals surface area contributed by atoms with Crippen molar-refractivity contribution >= 4 is 11.9 Å². The highest BCUT2D eigenvalue weighted by Crippen LogP contribution is 2.21. The van der Waals surface area contributed by atoms with Crippen LogP contribution in [0, 0.1) is 11.8 Å². The molecule has 0 aromatic carbocycles. The summed E-state index contributed by atoms with van der Waals surface area (Å²) in [6.45, 7) is 5.52. The summed E-state index contributed by atoms with van der Waals surface area (Å²) in [5, 5.41) is 0. The minimum absolute atomic E-state index is 0.00752. The fourth-order valence-electron chi connectivity index (χ4n) is 2.29. The van der Waals surface area contributed by atoms with Gasteiger partial charge >= 0.3 is 5.97 Å². The van der Waals surface area contributed by atoms with Crippen molar-refractivity contribution in [2.75, 3.05) is 20.2 Å². The molecule has 0 saturated carbocycles. The lowest BCUT2D eigenvalue weighted by Gasteiger charge is -2.36. The first-order chi connectivity index (χ1) is 7.97. The standard InChI is InChI=1S/C12H22N2O3/c1-8(12(16)17-3)9(2)14-6-4-10(5-7-14)11(13)15/h8-10H,4-7H2,1-3H3,(H2,13,15). The Morgan fingerprint density at radius 2 is 1.82 bits per heavy atom. The highest BCUT2D eigenvalue weighted by atomic mass is 16.5. The number of ether oxygens (including phenoxy) is 1. The van der Waals surface area contributed by atoms with Gasteiger partial charge in [-0.3, -0.25) is 14.5 Å². The monoisotopic (exact) mass is 242 g/mol. The van der Waals surface area contributed by atoms with Crippen molar-refractivity contribution in [2.24, 2.45) is 17.6 Å². The molecule has 0 aliphatic carbocycles. The first kappa shape index (κ1) is 14.0. The molecule has 2 atom stereocenters. The van der Waals surface area contributed by atoms with E-state index in [4.69, 9.17) is 10.5 Å². The summed E-state index contributed by atoms with van der Waals surface area (Å²) >= 11 is 0. The zero-order valence-electron chi connectivity index (χ0n) is 10.8. The molecule has 0 aromatic rings. The lowest BCUT2D eigenvalue weighted by molar-refractivity contribution is -0.147. The molecule has 1 saturated heterocycles. The average Bonchev–Trinajstić information content (AvgIpc) is 2.36. The first-order valence-corrected chi connectivity index (χ1v) is 6.08. The van der Waals surface area contributed by atoms with Gasteiger partial charge in [0.2, 0.25) is 5.91 Å². The lowest BCUT2D eigenvalue weighted by atomic mass is 9.93. The van der Waals surface area contributed by atoms with Crippen molar-refractivity contribution in [3.05, 3.63) is 0 Å². The van der Waals surface area contributed by atoms with E-state index in [-0.39, 0.29) is 29.8 Å². The molecule has 1 heterocycles. The number of nitrogens with zero attached hydrogens (tertiary/aromatic N) is 1. The first-order valence-electron chi connectivity index (χ1n) is 6.08. The Labute approximate surface area is 102 Å². The van der Waals surface area contributed by atoms with E-state index in [1.54, 1.807) is 0 Å². The van der Waals surface area contributed by atoms with E-state index in [1.807, 2.05) is 13.8 Å². The third kappa shape index (κ3) is 3.43. The summed E-state index contributed by atoms with van der Waals surface area (Å²) in [6.07, 6.45) is 1.57. The number of nitrogens with two attached hydrogens (primary N) is 1. The molecular weight excluding hydrogens is 220 g/mol. The Hall–Kier alpha value is -1.10. The summed E-state index contributed by atoms with van der Waals surface area (Å²) in [6, 6.07) is 0.135. The Balaban J connectivity index is 2.48. The summed E-state index contributed by atoms with van der Waals surface area (Å²) in [7, 11) is 1.41. The van der Waals surface area contributed by atoms with E-state index in [9.17, 15) is 9.59 Å². The molecule has 1 fully saturated rings. The highest BCUT2D eigenvalue weighted by Gasteiger charge is 2.30. The van der Waals surface area contributed by atoms with Gasteiger partial charge in [-0.25, -0.2) is 0 Å². The average molecular weight is 242 g/mol. The number of primary amides is 1. The lowest BCUT2D eigenvalue weighted by Crippen LogP contribution is -2.46. The van der Waals surface area contributed by atoms with E-state index >= 15 is 0 Å². The topological polar surface area (TPSA) is 72.6 Å². The number of hydrogen-bond acceptors (Lipinski definition) is 4. The second-order valence-electron chi connectivity index (χ2n) is 4.77. The van der Waals surface area contributed by atoms with Gasteiger partial charge in [-0.05, 0) is 32.9 Å². The minimum Gasteiger partial charge on any atom is -0.469 e. The number of piperidine rings is 1. The molecule has 1 aliphatic rings. The van der Waals surface area contributed by atoms with Crippen LogP contribution in [-0.4, -0.2) is 43.0 Å². The van der Waals surface area contributed by atoms with Gasteiger partial charge in [0.05, 0.1) is 13.0 Å². The zero-order valence-corrected chi connectivity index (χ0v) is 10.8. The molecule has 1 rings (SSSR count). The van der Waals surface area contributed by atoms with Crippen molar-refractivity contribution in [2.45, 2.75) is 32.7 Å². The molecule has 0 bridgehead atoms. The number of rotatable bonds is 4. The molecule has 2 unspecified atom stereocenters. The minimum atomic E-state index is -0.210. The van der Waals surface area contributed by atoms with Crippen LogP contribution < -0.4 is 5.73 Å². The molecule has 98 valence electrons. The summed E-state index contributed by atoms with van der Waals surface area (Å²) in [4.78, 5) is 24.7. The second-order valence-corrected chi connectivity index (χ2v) is 4.77. The van der Waals surface area contributed by atoms with Crippen molar-refractivity contribution in [3.63, 3.8) is 0 Å². The molecule has 0 aromatic heterocycles. The Morgan fingerprint density at radius 1 is 1.29 bits per heavy atom. The maximum atomic E-state index is 11.4. The summed E-state index contributed by atoms with van der Waals surface area (Å²) < 4.78 is 4.74. The van der Waals surface area contributed by atoms with Gasteiger partial charge in [0, 0.05) is 12.0 Å². The van der Waals surface area contributed by atoms with Gasteiger partial charge in [0.1, 0.15) is 0 Å². The third-order valence-corrected chi connectivity index (χ3v) is 3.80. The fourth-order valence-corrected chi connectivity index (χ4v) is 2.29. The predicted octanol–water partition coefficient (Wildman–Crippen LogP) is 0.381. The molecule has 0 spiro atoms. The van der Waals surface area contributed by atoms with Crippen LogP contribution in [0.15, 0.2) is 0 Å². The van der Waals surface area contributed by atoms with Crippen LogP contribution in [0.25, 0.3) is 0 Å². The number of esters is 1. The molecule has 5 nitrogen and oxygen atoms in total. The zero-order chi connectivity index (χ0) is 13.0. The Morgan fingerprint density at radius 3 is 2.24 bits per heavy atom. The van der Waals surface area contributed by atoms with Crippen molar-refractivity contribution in [1.29, 1.82) is 0 Å². The Kier molecular flexibility index (Phi) is 4.93. The van der Waals surface area contributed by atoms with Gasteiger partial charge in [0.15, 0.2) is 0 Å². The van der Waals surface area contributed by atoms with Crippen LogP contribution in [0.1, 0.15) is 26.7 Å². The van der Waals surface area contributed by atoms with Crippen LogP contribution in [-0.2, 0) is 14.3 Å². The SMILES string of the molecule is COC(=O)C(C)C(C)N1CCC(C(N)=O)CC1. The molecule has 5 heteroatoms. The van der Waals surface area contributed by atoms with Crippen molar-refractivity contribution in [1.82, 2.24) is 4.90 Å². The van der Waals surface area contributed by atoms with Crippen molar-refractivity contribution in [3.8, 4) is 0 Å². The van der Waals surface area contributed by atoms with Crippen LogP contribution >= 0.6 is 0 Å². The fraction of sp³-hybridized carbons (Fsp3) is 0.833. The van der Waals surface area contributed by atoms with E-state index in [0.29, 0.717) is 0 Å². The molecule has 2 N–H and O–H groups in total. The van der Waals surface area contributed by atoms with Gasteiger partial charge in [-0.1, -0.05) is 6.92 Å². The molecule has 17 heavy (non-hydrogen) atoms. The van der Waals surface area contributed by atoms with Crippen LogP contribution in [0.4, 0.5) is 0 Å². The molecular formula is C12H22N2O3. The van der Waals surface area contributed by atoms with Gasteiger partial charge < -0.3 is 10.5 Å². The Bertz CT molecular complexity index is 285. The van der Waals surface area contributed by atoms with Gasteiger partial charge in [0.25, 0.3) is 0 Å². The molecule has 1 amide bonds. The summed E-state index contributed by atoms with van der Waals surface area (Å²) in [5.74, 6) is -0.551. The maximum Gasteiger partial charge on any atom is 0.309 e. The third-order valence-electron chi connectivity index (χ3n) is 3.80. The van der Waals surface area contributed by atoms with E-state index < -0.39 is 0 Å². The smallest absolute Gasteiger partial charge is 0.309 e. The number of likely N-dealkylation sites (tertiary alicyclic amines) is 1. The van der Waals surface area contributed by atoms with Gasteiger partial charge in [-0.2, -0.15) is 0 Å². The van der Waals surface area contributed by atoms with E-state index in [1.165, 1.54) is 7.11 Å². The quantitative estimate of drug-likeness (QED) is 0.723. The maximum absolute atomic E-state index is 11.4. The van der Waals surface area contributed by atoms with Crippen LogP contribution in [0.5, 0.6) is 0 Å². The van der Waals surface area contributed by atoms with Crippen LogP contribution in [0.2, 0.25) is 0 Å². The molecule has 0 radical (unpaired) electrons. The number of amides is 1. The predicted molar refractivity (Wildman–Crippen MR) is 64.1 cm³/mol. The van der Waals surface area contributed by atoms with Crippen LogP contribution in [0.3, 0.4) is 0 Å². The number of carbonyl (C=O) groups is 2. The highest BCUT2D eigenvalue weighted by molar-refractivity contribution is 5.76.